The Hall–Kier alpha value is -3.52. The molecule has 7 heteroatoms. The van der Waals surface area contributed by atoms with Gasteiger partial charge in [0.25, 0.3) is 0 Å². The molecule has 30 heavy (non-hydrogen) atoms. The maximum atomic E-state index is 8.17. The predicted molar refractivity (Wildman–Crippen MR) is 119 cm³/mol. The predicted octanol–water partition coefficient (Wildman–Crippen LogP) is 2.99. The first kappa shape index (κ1) is 19.8. The molecule has 0 radical (unpaired) electrons. The van der Waals surface area contributed by atoms with Crippen molar-refractivity contribution in [1.29, 1.82) is 0 Å². The molecule has 5 rings (SSSR count). The fourth-order valence-electron chi connectivity index (χ4n) is 3.00. The molecular weight excluding hydrogens is 380 g/mol. The Bertz CT molecular complexity index is 1160. The number of fused-ring (bicyclic) bond motifs is 8. The number of aromatic nitrogens is 4. The highest BCUT2D eigenvalue weighted by molar-refractivity contribution is 5.77. The lowest BCUT2D eigenvalue weighted by Crippen LogP contribution is -2.15. The van der Waals surface area contributed by atoms with Crippen molar-refractivity contribution < 1.29 is 15.3 Å². The molecule has 8 bridgehead atoms. The van der Waals surface area contributed by atoms with Crippen LogP contribution in [0.2, 0.25) is 0 Å². The number of hydrogen-bond acceptors (Lipinski definition) is 5. The summed E-state index contributed by atoms with van der Waals surface area (Å²) in [6.07, 6.45) is 7.09. The zero-order chi connectivity index (χ0) is 20.9. The standard InChI is InChI=1S/C20H14N4.C3H8O3/c1-2-14-10-16-5-6-18(23-16)12-20-8-7-19(24-20)11-17-4-3-15(22-17)9-13(1)21-14;4-1-3(6)2-5/h1-12,21-22H;3-6H,1-2H2. The van der Waals surface area contributed by atoms with Gasteiger partial charge in [-0.15, -0.1) is 0 Å². The van der Waals surface area contributed by atoms with E-state index in [0.717, 1.165) is 44.8 Å². The van der Waals surface area contributed by atoms with E-state index in [0.29, 0.717) is 0 Å². The third-order valence-electron chi connectivity index (χ3n) is 4.46. The lowest BCUT2D eigenvalue weighted by atomic mass is 10.3. The summed E-state index contributed by atoms with van der Waals surface area (Å²) in [5.74, 6) is 0. The molecule has 0 spiro atoms. The van der Waals surface area contributed by atoms with Crippen molar-refractivity contribution >= 4 is 46.4 Å². The summed E-state index contributed by atoms with van der Waals surface area (Å²) in [7, 11) is 0. The van der Waals surface area contributed by atoms with E-state index in [1.165, 1.54) is 0 Å². The van der Waals surface area contributed by atoms with E-state index >= 15 is 0 Å². The van der Waals surface area contributed by atoms with E-state index in [1.807, 2.05) is 42.5 Å². The van der Waals surface area contributed by atoms with Gasteiger partial charge >= 0.3 is 0 Å². The minimum atomic E-state index is -0.954. The van der Waals surface area contributed by atoms with Crippen LogP contribution >= 0.6 is 0 Å². The van der Waals surface area contributed by atoms with Crippen molar-refractivity contribution in [2.75, 3.05) is 13.2 Å². The molecule has 0 atom stereocenters. The molecule has 3 aromatic rings. The van der Waals surface area contributed by atoms with Crippen LogP contribution in [0.25, 0.3) is 46.4 Å². The summed E-state index contributed by atoms with van der Waals surface area (Å²) in [5.41, 5.74) is 7.86. The number of nitrogens with one attached hydrogen (secondary N) is 2. The first-order valence-electron chi connectivity index (χ1n) is 9.55. The number of aliphatic hydroxyl groups excluding tert-OH is 3. The summed E-state index contributed by atoms with van der Waals surface area (Å²) in [5, 5.41) is 24.0. The monoisotopic (exact) mass is 402 g/mol. The smallest absolute Gasteiger partial charge is 0.100 e. The van der Waals surface area contributed by atoms with Crippen LogP contribution in [0, 0.1) is 0 Å². The van der Waals surface area contributed by atoms with Gasteiger partial charge < -0.3 is 25.3 Å². The number of aromatic amines is 2. The lowest BCUT2D eigenvalue weighted by molar-refractivity contribution is 0.0450. The Kier molecular flexibility index (Phi) is 5.85. The highest BCUT2D eigenvalue weighted by atomic mass is 16.3. The second-order valence-corrected chi connectivity index (χ2v) is 6.92. The van der Waals surface area contributed by atoms with Crippen LogP contribution < -0.4 is 0 Å². The topological polar surface area (TPSA) is 118 Å². The molecule has 0 aromatic carbocycles. The zero-order valence-corrected chi connectivity index (χ0v) is 16.2. The van der Waals surface area contributed by atoms with Crippen LogP contribution in [0.1, 0.15) is 22.8 Å². The largest absolute Gasteiger partial charge is 0.394 e. The third kappa shape index (κ3) is 4.90. The van der Waals surface area contributed by atoms with E-state index < -0.39 is 6.10 Å². The van der Waals surface area contributed by atoms with E-state index in [9.17, 15) is 0 Å². The number of hydrogen-bond donors (Lipinski definition) is 5. The summed E-state index contributed by atoms with van der Waals surface area (Å²) in [6, 6.07) is 16.4. The van der Waals surface area contributed by atoms with E-state index in [4.69, 9.17) is 15.3 Å². The van der Waals surface area contributed by atoms with E-state index in [-0.39, 0.29) is 13.2 Å². The van der Waals surface area contributed by atoms with E-state index in [2.05, 4.69) is 50.3 Å². The summed E-state index contributed by atoms with van der Waals surface area (Å²) in [4.78, 5) is 16.0. The van der Waals surface area contributed by atoms with Gasteiger partial charge in [0.05, 0.1) is 36.0 Å². The number of H-pyrrole nitrogens is 2. The van der Waals surface area contributed by atoms with Crippen LogP contribution in [-0.2, 0) is 0 Å². The summed E-state index contributed by atoms with van der Waals surface area (Å²) < 4.78 is 0. The molecule has 7 nitrogen and oxygen atoms in total. The van der Waals surface area contributed by atoms with Gasteiger partial charge in [0, 0.05) is 22.1 Å². The highest BCUT2D eigenvalue weighted by Gasteiger charge is 2.02. The minimum absolute atomic E-state index is 0.365. The average Bonchev–Trinajstić information content (AvgIpc) is 3.53. The normalized spacial score (nSPS) is 12.1. The van der Waals surface area contributed by atoms with Gasteiger partial charge in [-0.05, 0) is 72.8 Å². The number of aliphatic hydroxyl groups is 3. The van der Waals surface area contributed by atoms with Gasteiger partial charge in [0.1, 0.15) is 6.10 Å². The molecule has 152 valence electrons. The van der Waals surface area contributed by atoms with Crippen LogP contribution in [0.3, 0.4) is 0 Å². The van der Waals surface area contributed by atoms with Crippen LogP contribution in [0.4, 0.5) is 0 Å². The van der Waals surface area contributed by atoms with Crippen molar-refractivity contribution in [1.82, 2.24) is 19.9 Å². The van der Waals surface area contributed by atoms with Gasteiger partial charge in [-0.25, -0.2) is 9.97 Å². The molecule has 5 heterocycles. The Morgan fingerprint density at radius 3 is 1.33 bits per heavy atom. The first-order valence-corrected chi connectivity index (χ1v) is 9.55. The van der Waals surface area contributed by atoms with Crippen molar-refractivity contribution in [2.45, 2.75) is 6.10 Å². The molecular formula is C23H22N4O3. The molecule has 0 fully saturated rings. The van der Waals surface area contributed by atoms with Crippen LogP contribution in [0.5, 0.6) is 0 Å². The maximum Gasteiger partial charge on any atom is 0.100 e. The molecule has 3 aromatic heterocycles. The van der Waals surface area contributed by atoms with Gasteiger partial charge in [0.15, 0.2) is 0 Å². The Balaban J connectivity index is 0.000000322. The van der Waals surface area contributed by atoms with Crippen LogP contribution in [-0.4, -0.2) is 54.6 Å². The SMILES string of the molecule is C1=Cc2cc3ccc(cc4ccc(cc5nc(cc1n2)C=C5)[nH]4)[nH]3.OCC(O)CO. The summed E-state index contributed by atoms with van der Waals surface area (Å²) in [6.45, 7) is -0.729. The van der Waals surface area contributed by atoms with Crippen LogP contribution in [0.15, 0.2) is 48.5 Å². The van der Waals surface area contributed by atoms with Gasteiger partial charge in [-0.3, -0.25) is 0 Å². The van der Waals surface area contributed by atoms with Crippen molar-refractivity contribution in [3.05, 3.63) is 71.3 Å². The maximum absolute atomic E-state index is 8.17. The zero-order valence-electron chi connectivity index (χ0n) is 16.2. The van der Waals surface area contributed by atoms with Gasteiger partial charge in [0.2, 0.25) is 0 Å². The molecule has 2 aliphatic heterocycles. The molecule has 0 aliphatic carbocycles. The third-order valence-corrected chi connectivity index (χ3v) is 4.46. The first-order chi connectivity index (χ1) is 14.6. The second kappa shape index (κ2) is 8.87. The summed E-state index contributed by atoms with van der Waals surface area (Å²) >= 11 is 0. The molecule has 0 unspecified atom stereocenters. The number of rotatable bonds is 2. The highest BCUT2D eigenvalue weighted by Crippen LogP contribution is 2.17. The molecule has 0 saturated heterocycles. The second-order valence-electron chi connectivity index (χ2n) is 6.92. The van der Waals surface area contributed by atoms with Crippen molar-refractivity contribution in [3.8, 4) is 0 Å². The van der Waals surface area contributed by atoms with Crippen molar-refractivity contribution in [3.63, 3.8) is 0 Å². The average molecular weight is 402 g/mol. The Morgan fingerprint density at radius 1 is 0.600 bits per heavy atom. The lowest BCUT2D eigenvalue weighted by Gasteiger charge is -1.96. The molecule has 5 N–H and O–H groups in total. The Labute approximate surface area is 172 Å². The van der Waals surface area contributed by atoms with E-state index in [1.54, 1.807) is 0 Å². The molecule has 2 aliphatic rings. The molecule has 0 saturated carbocycles. The minimum Gasteiger partial charge on any atom is -0.394 e. The fourth-order valence-corrected chi connectivity index (χ4v) is 3.00. The van der Waals surface area contributed by atoms with Gasteiger partial charge in [-0.1, -0.05) is 0 Å². The quantitative estimate of drug-likeness (QED) is 0.311. The molecule has 0 amide bonds. The van der Waals surface area contributed by atoms with Crippen molar-refractivity contribution in [2.24, 2.45) is 0 Å². The Morgan fingerprint density at radius 2 is 0.967 bits per heavy atom. The van der Waals surface area contributed by atoms with Gasteiger partial charge in [-0.2, -0.15) is 0 Å². The fraction of sp³-hybridized carbons (Fsp3) is 0.130. The number of nitrogens with zero attached hydrogens (tertiary/aromatic N) is 2.